The van der Waals surface area contributed by atoms with Gasteiger partial charge in [0.2, 0.25) is 21.8 Å². The van der Waals surface area contributed by atoms with Gasteiger partial charge in [0.15, 0.2) is 0 Å². The molecule has 2 saturated heterocycles. The van der Waals surface area contributed by atoms with E-state index in [1.54, 1.807) is 9.80 Å². The first kappa shape index (κ1) is 20.2. The van der Waals surface area contributed by atoms with Crippen LogP contribution in [0, 0.1) is 10.1 Å². The quantitative estimate of drug-likeness (QED) is 0.496. The number of amides is 2. The first-order valence-corrected chi connectivity index (χ1v) is 10.5. The molecule has 11 heteroatoms. The minimum absolute atomic E-state index is 0.0701. The number of carbonyl (C=O) groups is 2. The number of benzene rings is 1. The third kappa shape index (κ3) is 4.30. The highest BCUT2D eigenvalue weighted by molar-refractivity contribution is 7.89. The number of likely N-dealkylation sites (tertiary alicyclic amines) is 1. The predicted octanol–water partition coefficient (Wildman–Crippen LogP) is 0.440. The van der Waals surface area contributed by atoms with Crippen molar-refractivity contribution in [1.82, 2.24) is 14.1 Å². The molecular weight excluding hydrogens is 388 g/mol. The molecule has 0 N–H and O–H groups in total. The van der Waals surface area contributed by atoms with Crippen LogP contribution in [0.5, 0.6) is 0 Å². The molecule has 0 saturated carbocycles. The van der Waals surface area contributed by atoms with Crippen molar-refractivity contribution in [2.45, 2.75) is 24.2 Å². The van der Waals surface area contributed by atoms with Gasteiger partial charge in [0.25, 0.3) is 5.69 Å². The summed E-state index contributed by atoms with van der Waals surface area (Å²) in [5.74, 6) is -0.0345. The maximum Gasteiger partial charge on any atom is 0.270 e. The molecule has 28 heavy (non-hydrogen) atoms. The molecule has 0 aromatic heterocycles. The van der Waals surface area contributed by atoms with Gasteiger partial charge in [0.05, 0.1) is 9.82 Å². The summed E-state index contributed by atoms with van der Waals surface area (Å²) < 4.78 is 26.7. The lowest BCUT2D eigenvalue weighted by atomic mass is 10.3. The maximum atomic E-state index is 12.7. The molecule has 152 valence electrons. The lowest BCUT2D eigenvalue weighted by Gasteiger charge is -2.34. The van der Waals surface area contributed by atoms with Gasteiger partial charge < -0.3 is 9.80 Å². The smallest absolute Gasteiger partial charge is 0.270 e. The second kappa shape index (κ2) is 8.23. The molecular formula is C17H22N4O6S. The summed E-state index contributed by atoms with van der Waals surface area (Å²) >= 11 is 0. The topological polar surface area (TPSA) is 121 Å². The van der Waals surface area contributed by atoms with Crippen molar-refractivity contribution in [3.63, 3.8) is 0 Å². The fraction of sp³-hybridized carbons (Fsp3) is 0.529. The number of hydrogen-bond donors (Lipinski definition) is 0. The SMILES string of the molecule is O=C1CCCN1CCC(=O)N1CCN(S(=O)(=O)c2cccc([N+](=O)[O-])c2)CC1. The van der Waals surface area contributed by atoms with E-state index in [0.29, 0.717) is 19.5 Å². The molecule has 2 heterocycles. The van der Waals surface area contributed by atoms with Crippen LogP contribution in [0.2, 0.25) is 0 Å². The Morgan fingerprint density at radius 1 is 1.14 bits per heavy atom. The van der Waals surface area contributed by atoms with Crippen LogP contribution in [0.3, 0.4) is 0 Å². The Bertz CT molecular complexity index is 879. The van der Waals surface area contributed by atoms with Crippen molar-refractivity contribution in [3.05, 3.63) is 34.4 Å². The van der Waals surface area contributed by atoms with Gasteiger partial charge in [-0.05, 0) is 12.5 Å². The largest absolute Gasteiger partial charge is 0.342 e. The summed E-state index contributed by atoms with van der Waals surface area (Å²) in [6.45, 7) is 1.83. The van der Waals surface area contributed by atoms with Crippen LogP contribution in [0.1, 0.15) is 19.3 Å². The zero-order valence-electron chi connectivity index (χ0n) is 15.3. The van der Waals surface area contributed by atoms with Crippen molar-refractivity contribution in [2.75, 3.05) is 39.3 Å². The van der Waals surface area contributed by atoms with Crippen LogP contribution >= 0.6 is 0 Å². The monoisotopic (exact) mass is 410 g/mol. The van der Waals surface area contributed by atoms with Gasteiger partial charge >= 0.3 is 0 Å². The van der Waals surface area contributed by atoms with Crippen molar-refractivity contribution in [2.24, 2.45) is 0 Å². The minimum Gasteiger partial charge on any atom is -0.342 e. The van der Waals surface area contributed by atoms with E-state index in [2.05, 4.69) is 0 Å². The average Bonchev–Trinajstić information content (AvgIpc) is 3.11. The number of rotatable bonds is 6. The Morgan fingerprint density at radius 2 is 1.86 bits per heavy atom. The van der Waals surface area contributed by atoms with Crippen LogP contribution in [0.25, 0.3) is 0 Å². The highest BCUT2D eigenvalue weighted by Crippen LogP contribution is 2.22. The van der Waals surface area contributed by atoms with E-state index in [1.807, 2.05) is 0 Å². The van der Waals surface area contributed by atoms with Crippen LogP contribution in [-0.4, -0.2) is 78.5 Å². The Hall–Kier alpha value is -2.53. The van der Waals surface area contributed by atoms with Gasteiger partial charge in [-0.3, -0.25) is 19.7 Å². The molecule has 0 atom stereocenters. The number of nitrogens with zero attached hydrogens (tertiary/aromatic N) is 4. The van der Waals surface area contributed by atoms with Gasteiger partial charge in [0, 0.05) is 64.2 Å². The Balaban J connectivity index is 1.56. The van der Waals surface area contributed by atoms with E-state index in [0.717, 1.165) is 12.5 Å². The number of sulfonamides is 1. The Kier molecular flexibility index (Phi) is 5.94. The highest BCUT2D eigenvalue weighted by atomic mass is 32.2. The summed E-state index contributed by atoms with van der Waals surface area (Å²) in [5, 5.41) is 10.9. The van der Waals surface area contributed by atoms with Gasteiger partial charge in [-0.25, -0.2) is 8.42 Å². The molecule has 0 unspecified atom stereocenters. The molecule has 0 spiro atoms. The second-order valence-corrected chi connectivity index (χ2v) is 8.71. The molecule has 2 aliphatic heterocycles. The van der Waals surface area contributed by atoms with E-state index < -0.39 is 14.9 Å². The summed E-state index contributed by atoms with van der Waals surface area (Å²) in [4.78, 5) is 37.3. The number of nitro benzene ring substituents is 1. The zero-order valence-corrected chi connectivity index (χ0v) is 16.1. The number of carbonyl (C=O) groups excluding carboxylic acids is 2. The van der Waals surface area contributed by atoms with Crippen LogP contribution < -0.4 is 0 Å². The molecule has 10 nitrogen and oxygen atoms in total. The minimum atomic E-state index is -3.86. The molecule has 1 aromatic rings. The van der Waals surface area contributed by atoms with Gasteiger partial charge in [0.1, 0.15) is 0 Å². The van der Waals surface area contributed by atoms with Gasteiger partial charge in [-0.1, -0.05) is 6.07 Å². The van der Waals surface area contributed by atoms with Crippen molar-refractivity contribution in [1.29, 1.82) is 0 Å². The van der Waals surface area contributed by atoms with Crippen molar-refractivity contribution < 1.29 is 22.9 Å². The van der Waals surface area contributed by atoms with E-state index in [1.165, 1.54) is 22.5 Å². The molecule has 0 radical (unpaired) electrons. The summed E-state index contributed by atoms with van der Waals surface area (Å²) in [6, 6.07) is 4.94. The average molecular weight is 410 g/mol. The van der Waals surface area contributed by atoms with Crippen LogP contribution in [0.15, 0.2) is 29.2 Å². The molecule has 2 fully saturated rings. The number of nitro groups is 1. The molecule has 0 aliphatic carbocycles. The normalized spacial score (nSPS) is 18.5. The van der Waals surface area contributed by atoms with Gasteiger partial charge in [-0.2, -0.15) is 4.31 Å². The fourth-order valence-corrected chi connectivity index (χ4v) is 4.88. The highest BCUT2D eigenvalue weighted by Gasteiger charge is 2.31. The van der Waals surface area contributed by atoms with Crippen molar-refractivity contribution in [3.8, 4) is 0 Å². The molecule has 1 aromatic carbocycles. The van der Waals surface area contributed by atoms with Crippen molar-refractivity contribution >= 4 is 27.5 Å². The van der Waals surface area contributed by atoms with E-state index in [4.69, 9.17) is 0 Å². The molecule has 0 bridgehead atoms. The maximum absolute atomic E-state index is 12.7. The molecule has 3 rings (SSSR count). The first-order chi connectivity index (χ1) is 13.3. The third-order valence-electron chi connectivity index (χ3n) is 5.02. The Labute approximate surface area is 162 Å². The van der Waals surface area contributed by atoms with Crippen LogP contribution in [-0.2, 0) is 19.6 Å². The van der Waals surface area contributed by atoms with E-state index in [-0.39, 0.29) is 55.0 Å². The molecule has 2 aliphatic rings. The summed E-state index contributed by atoms with van der Waals surface area (Å²) in [7, 11) is -3.86. The summed E-state index contributed by atoms with van der Waals surface area (Å²) in [5.41, 5.74) is -0.286. The predicted molar refractivity (Wildman–Crippen MR) is 98.9 cm³/mol. The number of hydrogen-bond acceptors (Lipinski definition) is 6. The number of piperazine rings is 1. The van der Waals surface area contributed by atoms with E-state index >= 15 is 0 Å². The summed E-state index contributed by atoms with van der Waals surface area (Å²) in [6.07, 6.45) is 1.58. The first-order valence-electron chi connectivity index (χ1n) is 9.09. The fourth-order valence-electron chi connectivity index (χ4n) is 3.41. The number of non-ortho nitro benzene ring substituents is 1. The molecule has 2 amide bonds. The van der Waals surface area contributed by atoms with Gasteiger partial charge in [-0.15, -0.1) is 0 Å². The lowest BCUT2D eigenvalue weighted by Crippen LogP contribution is -2.50. The zero-order chi connectivity index (χ0) is 20.3. The standard InChI is InChI=1S/C17H22N4O6S/c22-16-5-2-7-18(16)8-6-17(23)19-9-11-20(12-10-19)28(26,27)15-4-1-3-14(13-15)21(24)25/h1,3-4,13H,2,5-12H2. The lowest BCUT2D eigenvalue weighted by molar-refractivity contribution is -0.385. The Morgan fingerprint density at radius 3 is 2.46 bits per heavy atom. The second-order valence-electron chi connectivity index (χ2n) is 6.77. The van der Waals surface area contributed by atoms with Crippen LogP contribution in [0.4, 0.5) is 5.69 Å². The third-order valence-corrected chi connectivity index (χ3v) is 6.92. The van der Waals surface area contributed by atoms with E-state index in [9.17, 15) is 28.1 Å².